The molecule has 1 N–H and O–H groups in total. The quantitative estimate of drug-likeness (QED) is 0.501. The molecule has 2 amide bonds. The zero-order valence-electron chi connectivity index (χ0n) is 21.9. The van der Waals surface area contributed by atoms with Gasteiger partial charge in [0, 0.05) is 18.7 Å². The first kappa shape index (κ1) is 25.2. The zero-order valence-corrected chi connectivity index (χ0v) is 21.9. The fraction of sp³-hybridized carbons (Fsp3) is 0.393. The summed E-state index contributed by atoms with van der Waals surface area (Å²) in [5.41, 5.74) is 3.65. The van der Waals surface area contributed by atoms with Crippen LogP contribution in [0.25, 0.3) is 0 Å². The van der Waals surface area contributed by atoms with Gasteiger partial charge < -0.3 is 24.3 Å². The van der Waals surface area contributed by atoms with E-state index in [1.807, 2.05) is 82.3 Å². The van der Waals surface area contributed by atoms with E-state index < -0.39 is 30.5 Å². The lowest BCUT2D eigenvalue weighted by Crippen LogP contribution is -2.47. The van der Waals surface area contributed by atoms with Crippen LogP contribution in [0.1, 0.15) is 44.9 Å². The lowest BCUT2D eigenvalue weighted by molar-refractivity contribution is -0.133. The van der Waals surface area contributed by atoms with Crippen LogP contribution in [0.3, 0.4) is 0 Å². The molecule has 2 atom stereocenters. The highest BCUT2D eigenvalue weighted by molar-refractivity contribution is 6.62. The van der Waals surface area contributed by atoms with Crippen molar-refractivity contribution in [2.45, 2.75) is 57.4 Å². The van der Waals surface area contributed by atoms with Crippen molar-refractivity contribution in [3.8, 4) is 0 Å². The van der Waals surface area contributed by atoms with E-state index in [0.29, 0.717) is 18.5 Å². The lowest BCUT2D eigenvalue weighted by Gasteiger charge is -2.32. The number of fused-ring (bicyclic) bond motifs is 1. The van der Waals surface area contributed by atoms with Gasteiger partial charge in [-0.25, -0.2) is 4.79 Å². The smallest absolute Gasteiger partial charge is 0.453 e. The summed E-state index contributed by atoms with van der Waals surface area (Å²) in [5.74, 6) is -0.219. The van der Waals surface area contributed by atoms with Crippen LogP contribution < -0.4 is 10.8 Å². The maximum absolute atomic E-state index is 13.7. The standard InChI is InChI=1S/C28H32BN3O5/c1-27(2)28(3,4)37-29(36-27)20-13-14-21-19(16-20)17-22(30-21)23-12-9-15-32(23)25(33)24(31-26(34)35-5)18-10-7-6-8-11-18/h6-14,16,23-24H,15,17H2,1-5H3,(H,31,34)/t23-,24+/m0/s1. The number of hydrogen-bond acceptors (Lipinski definition) is 6. The van der Waals surface area contributed by atoms with Gasteiger partial charge in [0.05, 0.1) is 30.0 Å². The second kappa shape index (κ2) is 9.47. The predicted molar refractivity (Wildman–Crippen MR) is 142 cm³/mol. The van der Waals surface area contributed by atoms with Crippen molar-refractivity contribution < 1.29 is 23.6 Å². The maximum Gasteiger partial charge on any atom is 0.494 e. The number of rotatable bonds is 5. The van der Waals surface area contributed by atoms with E-state index in [1.165, 1.54) is 7.11 Å². The number of ether oxygens (including phenoxy) is 1. The third kappa shape index (κ3) is 4.69. The van der Waals surface area contributed by atoms with Gasteiger partial charge in [0.15, 0.2) is 0 Å². The number of benzene rings is 2. The third-order valence-electron chi connectivity index (χ3n) is 7.67. The minimum Gasteiger partial charge on any atom is -0.453 e. The van der Waals surface area contributed by atoms with Crippen molar-refractivity contribution in [3.05, 3.63) is 71.8 Å². The topological polar surface area (TPSA) is 89.5 Å². The van der Waals surface area contributed by atoms with Gasteiger partial charge in [-0.3, -0.25) is 9.79 Å². The average Bonchev–Trinajstić information content (AvgIpc) is 3.57. The highest BCUT2D eigenvalue weighted by Crippen LogP contribution is 2.37. The summed E-state index contributed by atoms with van der Waals surface area (Å²) >= 11 is 0. The Morgan fingerprint density at radius 1 is 1.11 bits per heavy atom. The first-order chi connectivity index (χ1) is 17.6. The highest BCUT2D eigenvalue weighted by Gasteiger charge is 2.51. The third-order valence-corrected chi connectivity index (χ3v) is 7.67. The van der Waals surface area contributed by atoms with Crippen LogP contribution in [0.15, 0.2) is 65.7 Å². The molecule has 0 aromatic heterocycles. The Morgan fingerprint density at radius 3 is 2.49 bits per heavy atom. The van der Waals surface area contributed by atoms with Crippen LogP contribution in [0.4, 0.5) is 10.5 Å². The molecule has 8 nitrogen and oxygen atoms in total. The number of nitrogens with zero attached hydrogens (tertiary/aromatic N) is 2. The second-order valence-electron chi connectivity index (χ2n) is 10.6. The Hall–Kier alpha value is -3.43. The molecule has 0 radical (unpaired) electrons. The van der Waals surface area contributed by atoms with Crippen molar-refractivity contribution in [2.24, 2.45) is 4.99 Å². The number of hydrogen-bond donors (Lipinski definition) is 1. The van der Waals surface area contributed by atoms with Crippen LogP contribution in [0.5, 0.6) is 0 Å². The molecule has 0 unspecified atom stereocenters. The number of alkyl carbamates (subject to hydrolysis) is 1. The number of carbonyl (C=O) groups excluding carboxylic acids is 2. The van der Waals surface area contributed by atoms with Crippen molar-refractivity contribution in [1.29, 1.82) is 0 Å². The number of amides is 2. The van der Waals surface area contributed by atoms with Gasteiger partial charge in [0.25, 0.3) is 5.91 Å². The molecule has 2 aromatic carbocycles. The van der Waals surface area contributed by atoms with E-state index in [4.69, 9.17) is 19.0 Å². The molecule has 192 valence electrons. The van der Waals surface area contributed by atoms with Gasteiger partial charge in [-0.1, -0.05) is 54.6 Å². The van der Waals surface area contributed by atoms with Crippen LogP contribution in [0, 0.1) is 0 Å². The van der Waals surface area contributed by atoms with Gasteiger partial charge >= 0.3 is 13.2 Å². The molecule has 37 heavy (non-hydrogen) atoms. The van der Waals surface area contributed by atoms with Crippen molar-refractivity contribution >= 4 is 36.0 Å². The van der Waals surface area contributed by atoms with Crippen LogP contribution in [0.2, 0.25) is 0 Å². The molecular formula is C28H32BN3O5. The fourth-order valence-electron chi connectivity index (χ4n) is 4.86. The Bertz CT molecular complexity index is 1260. The molecule has 0 spiro atoms. The SMILES string of the molecule is COC(=O)N[C@@H](C(=O)N1CC=C[C@H]1C1=Nc2ccc(B3OC(C)(C)C(C)(C)O3)cc2C1)c1ccccc1. The summed E-state index contributed by atoms with van der Waals surface area (Å²) in [6.45, 7) is 8.59. The van der Waals surface area contributed by atoms with Crippen LogP contribution in [-0.4, -0.2) is 60.6 Å². The molecule has 5 rings (SSSR count). The van der Waals surface area contributed by atoms with E-state index in [2.05, 4.69) is 11.4 Å². The molecular weight excluding hydrogens is 469 g/mol. The molecule has 1 fully saturated rings. The minimum absolute atomic E-state index is 0.219. The summed E-state index contributed by atoms with van der Waals surface area (Å²) in [4.78, 5) is 32.4. The summed E-state index contributed by atoms with van der Waals surface area (Å²) < 4.78 is 17.2. The molecule has 3 heterocycles. The van der Waals surface area contributed by atoms with Crippen LogP contribution >= 0.6 is 0 Å². The van der Waals surface area contributed by atoms with Gasteiger partial charge in [-0.05, 0) is 50.4 Å². The van der Waals surface area contributed by atoms with E-state index in [0.717, 1.165) is 22.4 Å². The first-order valence-corrected chi connectivity index (χ1v) is 12.5. The molecule has 0 aliphatic carbocycles. The van der Waals surface area contributed by atoms with E-state index in [-0.39, 0.29) is 11.9 Å². The number of aliphatic imine (C=N–C) groups is 1. The molecule has 3 aliphatic heterocycles. The Balaban J connectivity index is 1.34. The summed E-state index contributed by atoms with van der Waals surface area (Å²) in [6.07, 6.45) is 3.91. The van der Waals surface area contributed by atoms with Gasteiger partial charge in [-0.2, -0.15) is 0 Å². The Morgan fingerprint density at radius 2 is 1.81 bits per heavy atom. The normalized spacial score (nSPS) is 22.0. The Kier molecular flexibility index (Phi) is 6.46. The predicted octanol–water partition coefficient (Wildman–Crippen LogP) is 3.48. The van der Waals surface area contributed by atoms with Gasteiger partial charge in [-0.15, -0.1) is 0 Å². The second-order valence-corrected chi connectivity index (χ2v) is 10.6. The van der Waals surface area contributed by atoms with E-state index in [9.17, 15) is 9.59 Å². The lowest BCUT2D eigenvalue weighted by atomic mass is 9.78. The molecule has 9 heteroatoms. The number of carbonyl (C=O) groups is 2. The van der Waals surface area contributed by atoms with Gasteiger partial charge in [0.1, 0.15) is 6.04 Å². The molecule has 0 saturated carbocycles. The average molecular weight is 501 g/mol. The monoisotopic (exact) mass is 501 g/mol. The highest BCUT2D eigenvalue weighted by atomic mass is 16.7. The zero-order chi connectivity index (χ0) is 26.4. The summed E-state index contributed by atoms with van der Waals surface area (Å²) in [7, 11) is 0.838. The number of nitrogens with one attached hydrogen (secondary N) is 1. The summed E-state index contributed by atoms with van der Waals surface area (Å²) in [6, 6.07) is 14.1. The van der Waals surface area contributed by atoms with Gasteiger partial charge in [0.2, 0.25) is 0 Å². The molecule has 1 saturated heterocycles. The molecule has 3 aliphatic rings. The first-order valence-electron chi connectivity index (χ1n) is 12.5. The van der Waals surface area contributed by atoms with Crippen molar-refractivity contribution in [3.63, 3.8) is 0 Å². The summed E-state index contributed by atoms with van der Waals surface area (Å²) in [5, 5.41) is 2.69. The van der Waals surface area contributed by atoms with Crippen LogP contribution in [-0.2, 0) is 25.3 Å². The van der Waals surface area contributed by atoms with E-state index >= 15 is 0 Å². The van der Waals surface area contributed by atoms with E-state index in [1.54, 1.807) is 4.90 Å². The molecule has 0 bridgehead atoms. The maximum atomic E-state index is 13.7. The van der Waals surface area contributed by atoms with Crippen molar-refractivity contribution in [1.82, 2.24) is 10.2 Å². The fourth-order valence-corrected chi connectivity index (χ4v) is 4.86. The Labute approximate surface area is 217 Å². The number of methoxy groups -OCH3 is 1. The minimum atomic E-state index is -0.865. The van der Waals surface area contributed by atoms with Crippen molar-refractivity contribution in [2.75, 3.05) is 13.7 Å². The largest absolute Gasteiger partial charge is 0.494 e. The molecule has 2 aromatic rings.